The van der Waals surface area contributed by atoms with Gasteiger partial charge in [0.25, 0.3) is 0 Å². The van der Waals surface area contributed by atoms with Crippen molar-refractivity contribution in [2.24, 2.45) is 0 Å². The fourth-order valence-electron chi connectivity index (χ4n) is 1.63. The van der Waals surface area contributed by atoms with Crippen molar-refractivity contribution in [1.82, 2.24) is 25.5 Å². The summed E-state index contributed by atoms with van der Waals surface area (Å²) in [5.74, 6) is 0.816. The molecular weight excluding hydrogens is 234 g/mol. The number of carbonyl (C=O) groups excluding carboxylic acids is 1. The molecule has 0 saturated heterocycles. The topological polar surface area (TPSA) is 113 Å². The molecule has 0 saturated carbocycles. The Bertz CT molecular complexity index is 564. The maximum atomic E-state index is 11.2. The fraction of sp³-hybridized carbons (Fsp3) is 0.400. The standard InChI is InChI=1S/C10H15N7O/c1-12-7(18)3-4-17(2)9-6-5-13-16-8(6)14-10(11)15-9/h5H,3-4H2,1-2H3,(H,12,18)(H3,11,13,14,15,16). The van der Waals surface area contributed by atoms with Crippen molar-refractivity contribution in [2.75, 3.05) is 31.3 Å². The zero-order chi connectivity index (χ0) is 13.1. The Morgan fingerprint density at radius 1 is 1.56 bits per heavy atom. The lowest BCUT2D eigenvalue weighted by atomic mass is 10.3. The maximum absolute atomic E-state index is 11.2. The number of amides is 1. The molecule has 2 aromatic heterocycles. The van der Waals surface area contributed by atoms with Crippen LogP contribution in [0.2, 0.25) is 0 Å². The van der Waals surface area contributed by atoms with E-state index in [9.17, 15) is 4.79 Å². The highest BCUT2D eigenvalue weighted by Crippen LogP contribution is 2.21. The number of nitrogens with two attached hydrogens (primary N) is 1. The molecule has 2 rings (SSSR count). The molecule has 8 nitrogen and oxygen atoms in total. The zero-order valence-electron chi connectivity index (χ0n) is 10.3. The van der Waals surface area contributed by atoms with Crippen molar-refractivity contribution in [2.45, 2.75) is 6.42 Å². The Labute approximate surface area is 104 Å². The van der Waals surface area contributed by atoms with Gasteiger partial charge in [-0.05, 0) is 0 Å². The highest BCUT2D eigenvalue weighted by molar-refractivity contribution is 5.87. The summed E-state index contributed by atoms with van der Waals surface area (Å²) >= 11 is 0. The Morgan fingerprint density at radius 3 is 3.06 bits per heavy atom. The number of aromatic amines is 1. The summed E-state index contributed by atoms with van der Waals surface area (Å²) in [6.07, 6.45) is 2.02. The smallest absolute Gasteiger partial charge is 0.224 e. The minimum Gasteiger partial charge on any atom is -0.368 e. The summed E-state index contributed by atoms with van der Waals surface area (Å²) in [4.78, 5) is 21.3. The molecule has 0 atom stereocenters. The SMILES string of the molecule is CNC(=O)CCN(C)c1nc(N)nc2[nH]ncc12. The highest BCUT2D eigenvalue weighted by Gasteiger charge is 2.12. The molecule has 0 aromatic carbocycles. The Hall–Kier alpha value is -2.38. The molecule has 4 N–H and O–H groups in total. The second kappa shape index (κ2) is 4.86. The van der Waals surface area contributed by atoms with E-state index in [4.69, 9.17) is 5.73 Å². The largest absolute Gasteiger partial charge is 0.368 e. The van der Waals surface area contributed by atoms with Gasteiger partial charge in [-0.25, -0.2) is 0 Å². The molecule has 0 radical (unpaired) electrons. The first-order chi connectivity index (χ1) is 8.61. The first kappa shape index (κ1) is 12.1. The van der Waals surface area contributed by atoms with Crippen LogP contribution in [-0.2, 0) is 4.79 Å². The lowest BCUT2D eigenvalue weighted by Gasteiger charge is -2.18. The van der Waals surface area contributed by atoms with E-state index in [2.05, 4.69) is 25.5 Å². The van der Waals surface area contributed by atoms with Crippen molar-refractivity contribution in [1.29, 1.82) is 0 Å². The number of carbonyl (C=O) groups is 1. The van der Waals surface area contributed by atoms with E-state index in [1.54, 1.807) is 13.2 Å². The van der Waals surface area contributed by atoms with Gasteiger partial charge in [0.05, 0.1) is 11.6 Å². The number of nitrogens with zero attached hydrogens (tertiary/aromatic N) is 4. The normalized spacial score (nSPS) is 10.6. The number of H-pyrrole nitrogens is 1. The number of hydrogen-bond acceptors (Lipinski definition) is 6. The summed E-state index contributed by atoms with van der Waals surface area (Å²) in [6.45, 7) is 0.538. The van der Waals surface area contributed by atoms with Crippen LogP contribution in [0, 0.1) is 0 Å². The molecule has 0 fully saturated rings. The van der Waals surface area contributed by atoms with E-state index in [-0.39, 0.29) is 11.9 Å². The summed E-state index contributed by atoms with van der Waals surface area (Å²) in [7, 11) is 3.45. The van der Waals surface area contributed by atoms with E-state index in [1.807, 2.05) is 11.9 Å². The van der Waals surface area contributed by atoms with Crippen molar-refractivity contribution in [3.63, 3.8) is 0 Å². The molecule has 0 aliphatic heterocycles. The molecule has 2 aromatic rings. The number of anilines is 2. The zero-order valence-corrected chi connectivity index (χ0v) is 10.3. The van der Waals surface area contributed by atoms with Gasteiger partial charge in [0.15, 0.2) is 5.65 Å². The maximum Gasteiger partial charge on any atom is 0.224 e. The fourth-order valence-corrected chi connectivity index (χ4v) is 1.63. The molecule has 8 heteroatoms. The molecule has 0 bridgehead atoms. The second-order valence-corrected chi connectivity index (χ2v) is 3.88. The third-order valence-electron chi connectivity index (χ3n) is 2.62. The molecule has 18 heavy (non-hydrogen) atoms. The average Bonchev–Trinajstić information content (AvgIpc) is 2.82. The molecule has 0 spiro atoms. The molecule has 2 heterocycles. The van der Waals surface area contributed by atoms with Crippen molar-refractivity contribution >= 4 is 28.7 Å². The lowest BCUT2D eigenvalue weighted by molar-refractivity contribution is -0.120. The van der Waals surface area contributed by atoms with Crippen LogP contribution in [0.1, 0.15) is 6.42 Å². The van der Waals surface area contributed by atoms with Crippen LogP contribution in [0.4, 0.5) is 11.8 Å². The minimum absolute atomic E-state index is 0.0210. The van der Waals surface area contributed by atoms with Gasteiger partial charge in [0.1, 0.15) is 5.82 Å². The number of nitrogen functional groups attached to an aromatic ring is 1. The Morgan fingerprint density at radius 2 is 2.33 bits per heavy atom. The van der Waals surface area contributed by atoms with Gasteiger partial charge < -0.3 is 16.0 Å². The summed E-state index contributed by atoms with van der Waals surface area (Å²) in [6, 6.07) is 0. The first-order valence-electron chi connectivity index (χ1n) is 5.50. The monoisotopic (exact) mass is 249 g/mol. The molecule has 0 aliphatic rings. The van der Waals surface area contributed by atoms with E-state index < -0.39 is 0 Å². The van der Waals surface area contributed by atoms with Gasteiger partial charge in [-0.2, -0.15) is 15.1 Å². The molecule has 0 unspecified atom stereocenters. The van der Waals surface area contributed by atoms with Crippen LogP contribution >= 0.6 is 0 Å². The van der Waals surface area contributed by atoms with E-state index in [0.29, 0.717) is 24.4 Å². The quantitative estimate of drug-likeness (QED) is 0.673. The van der Waals surface area contributed by atoms with Gasteiger partial charge in [-0.1, -0.05) is 0 Å². The Balaban J connectivity index is 2.23. The molecule has 0 aliphatic carbocycles. The number of aromatic nitrogens is 4. The van der Waals surface area contributed by atoms with Crippen molar-refractivity contribution in [3.05, 3.63) is 6.20 Å². The van der Waals surface area contributed by atoms with Crippen LogP contribution in [-0.4, -0.2) is 46.7 Å². The van der Waals surface area contributed by atoms with E-state index in [1.165, 1.54) is 0 Å². The van der Waals surface area contributed by atoms with Gasteiger partial charge >= 0.3 is 0 Å². The lowest BCUT2D eigenvalue weighted by Crippen LogP contribution is -2.27. The average molecular weight is 249 g/mol. The minimum atomic E-state index is -0.0210. The van der Waals surface area contributed by atoms with Crippen molar-refractivity contribution in [3.8, 4) is 0 Å². The van der Waals surface area contributed by atoms with Crippen LogP contribution in [0.3, 0.4) is 0 Å². The highest BCUT2D eigenvalue weighted by atomic mass is 16.1. The van der Waals surface area contributed by atoms with Gasteiger partial charge in [0, 0.05) is 27.1 Å². The van der Waals surface area contributed by atoms with E-state index >= 15 is 0 Å². The number of fused-ring (bicyclic) bond motifs is 1. The van der Waals surface area contributed by atoms with Crippen LogP contribution in [0.15, 0.2) is 6.20 Å². The predicted molar refractivity (Wildman–Crippen MR) is 68.0 cm³/mol. The number of nitrogens with one attached hydrogen (secondary N) is 2. The van der Waals surface area contributed by atoms with Gasteiger partial charge in [-0.3, -0.25) is 9.89 Å². The molecular formula is C10H15N7O. The molecule has 96 valence electrons. The van der Waals surface area contributed by atoms with Crippen LogP contribution in [0.5, 0.6) is 0 Å². The summed E-state index contributed by atoms with van der Waals surface area (Å²) < 4.78 is 0. The predicted octanol–water partition coefficient (Wildman–Crippen LogP) is -0.493. The van der Waals surface area contributed by atoms with E-state index in [0.717, 1.165) is 5.39 Å². The number of rotatable bonds is 4. The number of hydrogen-bond donors (Lipinski definition) is 3. The summed E-state index contributed by atoms with van der Waals surface area (Å²) in [5.41, 5.74) is 6.22. The third kappa shape index (κ3) is 2.31. The molecule has 1 amide bonds. The van der Waals surface area contributed by atoms with Crippen LogP contribution in [0.25, 0.3) is 11.0 Å². The van der Waals surface area contributed by atoms with Gasteiger partial charge in [-0.15, -0.1) is 0 Å². The Kier molecular flexibility index (Phi) is 3.26. The second-order valence-electron chi connectivity index (χ2n) is 3.88. The van der Waals surface area contributed by atoms with Crippen LogP contribution < -0.4 is 16.0 Å². The first-order valence-corrected chi connectivity index (χ1v) is 5.50. The van der Waals surface area contributed by atoms with Gasteiger partial charge in [0.2, 0.25) is 11.9 Å². The van der Waals surface area contributed by atoms with Crippen molar-refractivity contribution < 1.29 is 4.79 Å². The summed E-state index contributed by atoms with van der Waals surface area (Å²) in [5, 5.41) is 10.0. The third-order valence-corrected chi connectivity index (χ3v) is 2.62.